The molecule has 0 aromatic carbocycles. The zero-order valence-corrected chi connectivity index (χ0v) is 12.6. The number of amides is 1. The van der Waals surface area contributed by atoms with E-state index in [1.54, 1.807) is 13.2 Å². The van der Waals surface area contributed by atoms with Gasteiger partial charge in [-0.15, -0.1) is 22.9 Å². The van der Waals surface area contributed by atoms with E-state index in [0.717, 1.165) is 12.8 Å². The van der Waals surface area contributed by atoms with E-state index in [2.05, 4.69) is 19.2 Å². The molecule has 1 N–H and O–H groups in total. The number of halogens is 1. The van der Waals surface area contributed by atoms with Crippen molar-refractivity contribution in [2.45, 2.75) is 32.1 Å². The Labute approximate surface area is 117 Å². The van der Waals surface area contributed by atoms with E-state index >= 15 is 0 Å². The highest BCUT2D eigenvalue weighted by Gasteiger charge is 2.17. The first kappa shape index (κ1) is 15.3. The average molecular weight is 290 g/mol. The van der Waals surface area contributed by atoms with E-state index in [9.17, 15) is 4.79 Å². The summed E-state index contributed by atoms with van der Waals surface area (Å²) in [7, 11) is 1.59. The summed E-state index contributed by atoms with van der Waals surface area (Å²) >= 11 is 7.65. The van der Waals surface area contributed by atoms with Crippen LogP contribution in [0.2, 0.25) is 0 Å². The smallest absolute Gasteiger partial charge is 0.261 e. The number of carbonyl (C=O) groups excluding carboxylic acids is 1. The molecule has 0 aliphatic carbocycles. The van der Waals surface area contributed by atoms with Gasteiger partial charge in [-0.3, -0.25) is 4.79 Å². The molecule has 3 nitrogen and oxygen atoms in total. The lowest BCUT2D eigenvalue weighted by atomic mass is 9.99. The number of rotatable bonds is 7. The first-order valence-electron chi connectivity index (χ1n) is 6.17. The molecule has 1 unspecified atom stereocenters. The van der Waals surface area contributed by atoms with Gasteiger partial charge in [0.2, 0.25) is 0 Å². The molecule has 0 aliphatic heterocycles. The molecule has 1 heterocycles. The molecule has 0 bridgehead atoms. The number of nitrogens with one attached hydrogen (secondary N) is 1. The van der Waals surface area contributed by atoms with Crippen LogP contribution in [0.25, 0.3) is 0 Å². The zero-order chi connectivity index (χ0) is 13.5. The SMILES string of the molecule is CCC(CC)C(Cl)CNC(=O)c1cc(OC)cs1. The molecule has 0 radical (unpaired) electrons. The predicted molar refractivity (Wildman–Crippen MR) is 76.9 cm³/mol. The van der Waals surface area contributed by atoms with Crippen LogP contribution in [0.3, 0.4) is 0 Å². The number of hydrogen-bond donors (Lipinski definition) is 1. The summed E-state index contributed by atoms with van der Waals surface area (Å²) in [6.07, 6.45) is 2.07. The van der Waals surface area contributed by atoms with Crippen molar-refractivity contribution in [1.82, 2.24) is 5.32 Å². The summed E-state index contributed by atoms with van der Waals surface area (Å²) in [6.45, 7) is 4.75. The first-order valence-corrected chi connectivity index (χ1v) is 7.48. The third kappa shape index (κ3) is 4.18. The van der Waals surface area contributed by atoms with Crippen molar-refractivity contribution < 1.29 is 9.53 Å². The number of alkyl halides is 1. The van der Waals surface area contributed by atoms with Gasteiger partial charge in [0.25, 0.3) is 5.91 Å². The Morgan fingerprint density at radius 2 is 2.17 bits per heavy atom. The van der Waals surface area contributed by atoms with Gasteiger partial charge in [-0.1, -0.05) is 26.7 Å². The van der Waals surface area contributed by atoms with Crippen LogP contribution >= 0.6 is 22.9 Å². The molecule has 18 heavy (non-hydrogen) atoms. The summed E-state index contributed by atoms with van der Waals surface area (Å²) < 4.78 is 5.05. The Kier molecular flexibility index (Phi) is 6.50. The summed E-state index contributed by atoms with van der Waals surface area (Å²) in [4.78, 5) is 12.5. The van der Waals surface area contributed by atoms with Crippen molar-refractivity contribution >= 4 is 28.8 Å². The van der Waals surface area contributed by atoms with Crippen LogP contribution in [0.5, 0.6) is 5.75 Å². The van der Waals surface area contributed by atoms with Gasteiger partial charge in [0, 0.05) is 18.0 Å². The zero-order valence-electron chi connectivity index (χ0n) is 11.0. The van der Waals surface area contributed by atoms with Gasteiger partial charge >= 0.3 is 0 Å². The largest absolute Gasteiger partial charge is 0.496 e. The van der Waals surface area contributed by atoms with E-state index < -0.39 is 0 Å². The molecule has 0 aliphatic rings. The van der Waals surface area contributed by atoms with Crippen LogP contribution in [0.15, 0.2) is 11.4 Å². The molecule has 0 saturated carbocycles. The van der Waals surface area contributed by atoms with Gasteiger partial charge in [0.1, 0.15) is 5.75 Å². The van der Waals surface area contributed by atoms with Gasteiger partial charge < -0.3 is 10.1 Å². The van der Waals surface area contributed by atoms with Gasteiger partial charge in [-0.25, -0.2) is 0 Å². The van der Waals surface area contributed by atoms with Crippen LogP contribution in [0.1, 0.15) is 36.4 Å². The number of methoxy groups -OCH3 is 1. The molecule has 1 amide bonds. The molecule has 0 saturated heterocycles. The monoisotopic (exact) mass is 289 g/mol. The minimum atomic E-state index is -0.0834. The predicted octanol–water partition coefficient (Wildman–Crippen LogP) is 3.53. The van der Waals surface area contributed by atoms with Crippen molar-refractivity contribution in [3.63, 3.8) is 0 Å². The number of ether oxygens (including phenoxy) is 1. The van der Waals surface area contributed by atoms with E-state index in [1.165, 1.54) is 11.3 Å². The average Bonchev–Trinajstić information content (AvgIpc) is 2.86. The lowest BCUT2D eigenvalue weighted by Gasteiger charge is -2.19. The molecule has 1 atom stereocenters. The molecular formula is C13H20ClNO2S. The summed E-state index contributed by atoms with van der Waals surface area (Å²) in [6, 6.07) is 1.74. The molecule has 0 spiro atoms. The second-order valence-corrected chi connectivity index (χ2v) is 5.63. The fraction of sp³-hybridized carbons (Fsp3) is 0.615. The highest BCUT2D eigenvalue weighted by molar-refractivity contribution is 7.12. The Hall–Kier alpha value is -0.740. The Balaban J connectivity index is 2.45. The van der Waals surface area contributed by atoms with E-state index in [0.29, 0.717) is 23.1 Å². The van der Waals surface area contributed by atoms with Crippen LogP contribution in [-0.2, 0) is 0 Å². The Bertz CT molecular complexity index is 377. The third-order valence-electron chi connectivity index (χ3n) is 3.05. The minimum absolute atomic E-state index is 0.00851. The second kappa shape index (κ2) is 7.64. The van der Waals surface area contributed by atoms with Crippen molar-refractivity contribution in [3.8, 4) is 5.75 Å². The maximum atomic E-state index is 11.9. The fourth-order valence-electron chi connectivity index (χ4n) is 1.79. The Morgan fingerprint density at radius 3 is 2.67 bits per heavy atom. The maximum Gasteiger partial charge on any atom is 0.261 e. The molecule has 1 aromatic rings. The van der Waals surface area contributed by atoms with Gasteiger partial charge in [-0.2, -0.15) is 0 Å². The van der Waals surface area contributed by atoms with E-state index in [-0.39, 0.29) is 11.3 Å². The van der Waals surface area contributed by atoms with Crippen molar-refractivity contribution in [3.05, 3.63) is 16.3 Å². The molecular weight excluding hydrogens is 270 g/mol. The second-order valence-electron chi connectivity index (χ2n) is 4.15. The van der Waals surface area contributed by atoms with Crippen molar-refractivity contribution in [2.75, 3.05) is 13.7 Å². The topological polar surface area (TPSA) is 38.3 Å². The number of thiophene rings is 1. The summed E-state index contributed by atoms with van der Waals surface area (Å²) in [5.74, 6) is 1.08. The highest BCUT2D eigenvalue weighted by Crippen LogP contribution is 2.21. The highest BCUT2D eigenvalue weighted by atomic mass is 35.5. The van der Waals surface area contributed by atoms with Crippen LogP contribution in [0, 0.1) is 5.92 Å². The lowest BCUT2D eigenvalue weighted by molar-refractivity contribution is 0.0955. The molecule has 102 valence electrons. The lowest BCUT2D eigenvalue weighted by Crippen LogP contribution is -2.32. The fourth-order valence-corrected chi connectivity index (χ4v) is 2.99. The summed E-state index contributed by atoms with van der Waals surface area (Å²) in [5.41, 5.74) is 0. The van der Waals surface area contributed by atoms with Crippen LogP contribution in [0.4, 0.5) is 0 Å². The normalized spacial score (nSPS) is 12.5. The van der Waals surface area contributed by atoms with E-state index in [4.69, 9.17) is 16.3 Å². The quantitative estimate of drug-likeness (QED) is 0.780. The van der Waals surface area contributed by atoms with Gasteiger partial charge in [0.15, 0.2) is 0 Å². The van der Waals surface area contributed by atoms with Crippen LogP contribution < -0.4 is 10.1 Å². The van der Waals surface area contributed by atoms with Gasteiger partial charge in [0.05, 0.1) is 17.4 Å². The molecule has 1 rings (SSSR count). The standard InChI is InChI=1S/C13H20ClNO2S/c1-4-9(5-2)11(14)7-15-13(16)12-6-10(17-3)8-18-12/h6,8-9,11H,4-5,7H2,1-3H3,(H,15,16). The third-order valence-corrected chi connectivity index (χ3v) is 4.47. The molecule has 5 heteroatoms. The maximum absolute atomic E-state index is 11.9. The van der Waals surface area contributed by atoms with E-state index in [1.807, 2.05) is 5.38 Å². The van der Waals surface area contributed by atoms with Crippen LogP contribution in [-0.4, -0.2) is 24.9 Å². The van der Waals surface area contributed by atoms with Crippen molar-refractivity contribution in [2.24, 2.45) is 5.92 Å². The number of carbonyl (C=O) groups is 1. The Morgan fingerprint density at radius 1 is 1.50 bits per heavy atom. The summed E-state index contributed by atoms with van der Waals surface area (Å²) in [5, 5.41) is 4.67. The first-order chi connectivity index (χ1) is 8.62. The molecule has 0 fully saturated rings. The minimum Gasteiger partial charge on any atom is -0.496 e. The van der Waals surface area contributed by atoms with Crippen molar-refractivity contribution in [1.29, 1.82) is 0 Å². The van der Waals surface area contributed by atoms with Gasteiger partial charge in [-0.05, 0) is 5.92 Å². The molecule has 1 aromatic heterocycles. The number of hydrogen-bond acceptors (Lipinski definition) is 3.